The second-order valence-electron chi connectivity index (χ2n) is 7.49. The Hall–Kier alpha value is -0.0800. The third-order valence-corrected chi connectivity index (χ3v) is 5.46. The van der Waals surface area contributed by atoms with Gasteiger partial charge < -0.3 is 10.1 Å². The average Bonchev–Trinajstić information content (AvgIpc) is 3.33. The van der Waals surface area contributed by atoms with Crippen LogP contribution in [0.4, 0.5) is 0 Å². The minimum atomic E-state index is 0.559. The van der Waals surface area contributed by atoms with Crippen molar-refractivity contribution in [3.8, 4) is 0 Å². The first kappa shape index (κ1) is 17.3. The van der Waals surface area contributed by atoms with E-state index in [2.05, 4.69) is 12.2 Å². The van der Waals surface area contributed by atoms with Crippen molar-refractivity contribution in [2.75, 3.05) is 19.8 Å². The predicted octanol–water partition coefficient (Wildman–Crippen LogP) is 5.07. The fourth-order valence-corrected chi connectivity index (χ4v) is 3.60. The Morgan fingerprint density at radius 2 is 1.52 bits per heavy atom. The maximum atomic E-state index is 5.60. The van der Waals surface area contributed by atoms with Crippen LogP contribution in [-0.2, 0) is 4.74 Å². The summed E-state index contributed by atoms with van der Waals surface area (Å²) in [5.41, 5.74) is 0.559. The molecule has 0 amide bonds. The van der Waals surface area contributed by atoms with E-state index in [9.17, 15) is 0 Å². The SMILES string of the molecule is CCCCCCCCCCC1(CNC2CC2)CCOCC1. The van der Waals surface area contributed by atoms with E-state index in [1.807, 2.05) is 0 Å². The first-order valence-corrected chi connectivity index (χ1v) is 9.66. The van der Waals surface area contributed by atoms with Gasteiger partial charge in [-0.15, -0.1) is 0 Å². The van der Waals surface area contributed by atoms with Gasteiger partial charge in [-0.05, 0) is 37.5 Å². The van der Waals surface area contributed by atoms with Gasteiger partial charge in [0.05, 0.1) is 0 Å². The van der Waals surface area contributed by atoms with Gasteiger partial charge in [-0.2, -0.15) is 0 Å². The zero-order valence-corrected chi connectivity index (χ0v) is 14.3. The largest absolute Gasteiger partial charge is 0.381 e. The summed E-state index contributed by atoms with van der Waals surface area (Å²) >= 11 is 0. The Bertz CT molecular complexity index is 256. The van der Waals surface area contributed by atoms with Crippen molar-refractivity contribution >= 4 is 0 Å². The number of unbranched alkanes of at least 4 members (excludes halogenated alkanes) is 7. The monoisotopic (exact) mass is 295 g/mol. The lowest BCUT2D eigenvalue weighted by atomic mass is 9.75. The molecule has 1 aliphatic carbocycles. The summed E-state index contributed by atoms with van der Waals surface area (Å²) in [5.74, 6) is 0. The van der Waals surface area contributed by atoms with Crippen LogP contribution >= 0.6 is 0 Å². The van der Waals surface area contributed by atoms with Crippen molar-refractivity contribution < 1.29 is 4.74 Å². The maximum absolute atomic E-state index is 5.60. The summed E-state index contributed by atoms with van der Waals surface area (Å²) in [6.45, 7) is 5.52. The van der Waals surface area contributed by atoms with Gasteiger partial charge in [0.15, 0.2) is 0 Å². The molecule has 2 aliphatic rings. The zero-order chi connectivity index (χ0) is 14.8. The molecule has 2 nitrogen and oxygen atoms in total. The summed E-state index contributed by atoms with van der Waals surface area (Å²) in [6.07, 6.45) is 18.3. The highest BCUT2D eigenvalue weighted by atomic mass is 16.5. The highest BCUT2D eigenvalue weighted by Gasteiger charge is 2.33. The van der Waals surface area contributed by atoms with E-state index in [1.165, 1.54) is 90.0 Å². The molecule has 0 aromatic carbocycles. The molecule has 0 atom stereocenters. The van der Waals surface area contributed by atoms with Crippen molar-refractivity contribution in [2.45, 2.75) is 96.4 Å². The van der Waals surface area contributed by atoms with E-state index >= 15 is 0 Å². The quantitative estimate of drug-likeness (QED) is 0.508. The van der Waals surface area contributed by atoms with Crippen LogP contribution in [0.3, 0.4) is 0 Å². The molecule has 0 unspecified atom stereocenters. The van der Waals surface area contributed by atoms with Crippen LogP contribution < -0.4 is 5.32 Å². The molecule has 0 spiro atoms. The third-order valence-electron chi connectivity index (χ3n) is 5.46. The molecule has 21 heavy (non-hydrogen) atoms. The van der Waals surface area contributed by atoms with Gasteiger partial charge in [-0.3, -0.25) is 0 Å². The van der Waals surface area contributed by atoms with E-state index < -0.39 is 0 Å². The minimum absolute atomic E-state index is 0.559. The van der Waals surface area contributed by atoms with Gasteiger partial charge in [0.2, 0.25) is 0 Å². The van der Waals surface area contributed by atoms with Crippen LogP contribution in [0, 0.1) is 5.41 Å². The van der Waals surface area contributed by atoms with E-state index in [0.29, 0.717) is 5.41 Å². The molecule has 1 N–H and O–H groups in total. The summed E-state index contributed by atoms with van der Waals surface area (Å²) in [4.78, 5) is 0. The van der Waals surface area contributed by atoms with Crippen molar-refractivity contribution in [1.82, 2.24) is 5.32 Å². The van der Waals surface area contributed by atoms with Crippen LogP contribution in [0.1, 0.15) is 90.4 Å². The predicted molar refractivity (Wildman–Crippen MR) is 90.7 cm³/mol. The lowest BCUT2D eigenvalue weighted by Crippen LogP contribution is -2.40. The van der Waals surface area contributed by atoms with Crippen LogP contribution in [0.2, 0.25) is 0 Å². The van der Waals surface area contributed by atoms with Crippen LogP contribution in [-0.4, -0.2) is 25.8 Å². The zero-order valence-electron chi connectivity index (χ0n) is 14.3. The second kappa shape index (κ2) is 9.84. The molecule has 1 saturated heterocycles. The molecule has 0 bridgehead atoms. The molecule has 0 aromatic rings. The summed E-state index contributed by atoms with van der Waals surface area (Å²) in [6, 6.07) is 0.850. The Labute approximate surface area is 132 Å². The Morgan fingerprint density at radius 3 is 2.14 bits per heavy atom. The molecular weight excluding hydrogens is 258 g/mol. The first-order valence-electron chi connectivity index (χ1n) is 9.66. The number of hydrogen-bond acceptors (Lipinski definition) is 2. The highest BCUT2D eigenvalue weighted by Crippen LogP contribution is 2.36. The topological polar surface area (TPSA) is 21.3 Å². The van der Waals surface area contributed by atoms with Crippen LogP contribution in [0.5, 0.6) is 0 Å². The highest BCUT2D eigenvalue weighted by molar-refractivity contribution is 4.89. The molecule has 124 valence electrons. The van der Waals surface area contributed by atoms with E-state index in [1.54, 1.807) is 0 Å². The van der Waals surface area contributed by atoms with Gasteiger partial charge in [0.1, 0.15) is 0 Å². The Morgan fingerprint density at radius 1 is 0.905 bits per heavy atom. The number of ether oxygens (including phenoxy) is 1. The molecule has 0 aromatic heterocycles. The van der Waals surface area contributed by atoms with Crippen molar-refractivity contribution in [3.05, 3.63) is 0 Å². The van der Waals surface area contributed by atoms with Crippen molar-refractivity contribution in [2.24, 2.45) is 5.41 Å². The van der Waals surface area contributed by atoms with Crippen LogP contribution in [0.15, 0.2) is 0 Å². The van der Waals surface area contributed by atoms with E-state index in [-0.39, 0.29) is 0 Å². The first-order chi connectivity index (χ1) is 10.3. The van der Waals surface area contributed by atoms with Crippen molar-refractivity contribution in [3.63, 3.8) is 0 Å². The standard InChI is InChI=1S/C19H37NO/c1-2-3-4-5-6-7-8-9-12-19(13-15-21-16-14-19)17-20-18-10-11-18/h18,20H,2-17H2,1H3. The van der Waals surface area contributed by atoms with E-state index in [4.69, 9.17) is 4.74 Å². The normalized spacial score (nSPS) is 21.6. The number of nitrogens with one attached hydrogen (secondary N) is 1. The molecule has 1 saturated carbocycles. The third kappa shape index (κ3) is 7.15. The Balaban J connectivity index is 1.55. The van der Waals surface area contributed by atoms with Gasteiger partial charge in [0, 0.05) is 25.8 Å². The molecule has 1 heterocycles. The number of hydrogen-bond donors (Lipinski definition) is 1. The Kier molecular flexibility index (Phi) is 8.10. The maximum Gasteiger partial charge on any atom is 0.0471 e. The summed E-state index contributed by atoms with van der Waals surface area (Å²) in [7, 11) is 0. The average molecular weight is 296 g/mol. The second-order valence-corrected chi connectivity index (χ2v) is 7.49. The van der Waals surface area contributed by atoms with Crippen LogP contribution in [0.25, 0.3) is 0 Å². The molecule has 2 rings (SSSR count). The summed E-state index contributed by atoms with van der Waals surface area (Å²) < 4.78 is 5.60. The smallest absolute Gasteiger partial charge is 0.0471 e. The number of rotatable bonds is 12. The lowest BCUT2D eigenvalue weighted by Gasteiger charge is -2.38. The minimum Gasteiger partial charge on any atom is -0.381 e. The summed E-state index contributed by atoms with van der Waals surface area (Å²) in [5, 5.41) is 3.79. The fraction of sp³-hybridized carbons (Fsp3) is 1.00. The molecular formula is C19H37NO. The molecule has 1 aliphatic heterocycles. The molecule has 2 heteroatoms. The van der Waals surface area contributed by atoms with E-state index in [0.717, 1.165) is 19.3 Å². The van der Waals surface area contributed by atoms with Gasteiger partial charge >= 0.3 is 0 Å². The lowest BCUT2D eigenvalue weighted by molar-refractivity contribution is 0.00894. The van der Waals surface area contributed by atoms with Gasteiger partial charge in [-0.1, -0.05) is 58.3 Å². The van der Waals surface area contributed by atoms with Crippen molar-refractivity contribution in [1.29, 1.82) is 0 Å². The van der Waals surface area contributed by atoms with Gasteiger partial charge in [-0.25, -0.2) is 0 Å². The molecule has 2 fully saturated rings. The van der Waals surface area contributed by atoms with Gasteiger partial charge in [0.25, 0.3) is 0 Å². The fourth-order valence-electron chi connectivity index (χ4n) is 3.60. The molecule has 0 radical (unpaired) electrons.